The highest BCUT2D eigenvalue weighted by molar-refractivity contribution is 7.80. The zero-order chi connectivity index (χ0) is 13.9. The van der Waals surface area contributed by atoms with Gasteiger partial charge in [0.25, 0.3) is 0 Å². The Kier molecular flexibility index (Phi) is 4.82. The van der Waals surface area contributed by atoms with Gasteiger partial charge in [0.15, 0.2) is 0 Å². The van der Waals surface area contributed by atoms with Crippen molar-refractivity contribution in [2.45, 2.75) is 58.3 Å². The zero-order valence-electron chi connectivity index (χ0n) is 11.9. The van der Waals surface area contributed by atoms with Gasteiger partial charge in [-0.2, -0.15) is 0 Å². The Bertz CT molecular complexity index is 350. The molecule has 0 bridgehead atoms. The second-order valence-electron chi connectivity index (χ2n) is 6.50. The van der Waals surface area contributed by atoms with E-state index in [0.717, 1.165) is 38.1 Å². The minimum absolute atomic E-state index is 0.0794. The molecule has 3 nitrogen and oxygen atoms in total. The molecule has 108 valence electrons. The molecule has 2 saturated carbocycles. The SMILES string of the molecule is CC1CCCC(CNC(=O)C2(C(N)=S)CCCC2)C1. The molecule has 2 aliphatic rings. The van der Waals surface area contributed by atoms with Crippen LogP contribution < -0.4 is 11.1 Å². The molecule has 0 aliphatic heterocycles. The van der Waals surface area contributed by atoms with E-state index in [1.807, 2.05) is 0 Å². The van der Waals surface area contributed by atoms with Crippen molar-refractivity contribution in [1.29, 1.82) is 0 Å². The fourth-order valence-electron chi connectivity index (χ4n) is 3.72. The summed E-state index contributed by atoms with van der Waals surface area (Å²) in [4.78, 5) is 12.8. The zero-order valence-corrected chi connectivity index (χ0v) is 12.7. The lowest BCUT2D eigenvalue weighted by atomic mass is 9.81. The number of thiocarbonyl (C=S) groups is 1. The van der Waals surface area contributed by atoms with E-state index in [0.29, 0.717) is 10.9 Å². The maximum Gasteiger partial charge on any atom is 0.233 e. The number of hydrogen-bond donors (Lipinski definition) is 2. The highest BCUT2D eigenvalue weighted by Crippen LogP contribution is 2.39. The van der Waals surface area contributed by atoms with Crippen LogP contribution in [-0.2, 0) is 4.79 Å². The number of amides is 1. The summed E-state index contributed by atoms with van der Waals surface area (Å²) in [6, 6.07) is 0. The van der Waals surface area contributed by atoms with Crippen LogP contribution in [0.4, 0.5) is 0 Å². The van der Waals surface area contributed by atoms with Crippen LogP contribution in [0, 0.1) is 17.3 Å². The van der Waals surface area contributed by atoms with E-state index in [-0.39, 0.29) is 5.91 Å². The van der Waals surface area contributed by atoms with Crippen molar-refractivity contribution in [3.8, 4) is 0 Å². The van der Waals surface area contributed by atoms with Crippen molar-refractivity contribution in [2.75, 3.05) is 6.54 Å². The molecule has 19 heavy (non-hydrogen) atoms. The molecule has 0 radical (unpaired) electrons. The van der Waals surface area contributed by atoms with Gasteiger partial charge in [-0.25, -0.2) is 0 Å². The molecule has 2 atom stereocenters. The first kappa shape index (κ1) is 14.8. The minimum Gasteiger partial charge on any atom is -0.392 e. The second kappa shape index (κ2) is 6.21. The smallest absolute Gasteiger partial charge is 0.233 e. The normalized spacial score (nSPS) is 29.9. The Morgan fingerprint density at radius 1 is 1.32 bits per heavy atom. The van der Waals surface area contributed by atoms with Gasteiger partial charge in [0.1, 0.15) is 0 Å². The Morgan fingerprint density at radius 3 is 2.58 bits per heavy atom. The second-order valence-corrected chi connectivity index (χ2v) is 6.94. The van der Waals surface area contributed by atoms with Gasteiger partial charge in [-0.15, -0.1) is 0 Å². The Labute approximate surface area is 121 Å². The number of hydrogen-bond acceptors (Lipinski definition) is 2. The van der Waals surface area contributed by atoms with Crippen molar-refractivity contribution in [2.24, 2.45) is 23.0 Å². The molecule has 1 amide bonds. The van der Waals surface area contributed by atoms with Gasteiger partial charge in [0, 0.05) is 6.54 Å². The number of nitrogens with two attached hydrogens (primary N) is 1. The van der Waals surface area contributed by atoms with Gasteiger partial charge < -0.3 is 11.1 Å². The summed E-state index contributed by atoms with van der Waals surface area (Å²) in [6.07, 6.45) is 8.88. The molecule has 0 aromatic heterocycles. The molecule has 2 fully saturated rings. The van der Waals surface area contributed by atoms with E-state index in [9.17, 15) is 4.79 Å². The van der Waals surface area contributed by atoms with Crippen molar-refractivity contribution in [1.82, 2.24) is 5.32 Å². The molecule has 0 saturated heterocycles. The van der Waals surface area contributed by atoms with Crippen LogP contribution in [0.15, 0.2) is 0 Å². The van der Waals surface area contributed by atoms with Gasteiger partial charge >= 0.3 is 0 Å². The van der Waals surface area contributed by atoms with Crippen molar-refractivity contribution in [3.63, 3.8) is 0 Å². The van der Waals surface area contributed by atoms with E-state index in [1.165, 1.54) is 25.7 Å². The molecular formula is C15H26N2OS. The standard InChI is InChI=1S/C15H26N2OS/c1-11-5-4-6-12(9-11)10-17-14(18)15(13(16)19)7-2-3-8-15/h11-12H,2-10H2,1H3,(H2,16,19)(H,17,18). The third kappa shape index (κ3) is 3.28. The average molecular weight is 282 g/mol. The van der Waals surface area contributed by atoms with Crippen molar-refractivity contribution < 1.29 is 4.79 Å². The Balaban J connectivity index is 1.88. The van der Waals surface area contributed by atoms with Gasteiger partial charge in [-0.05, 0) is 37.5 Å². The van der Waals surface area contributed by atoms with Crippen LogP contribution in [0.5, 0.6) is 0 Å². The maximum absolute atomic E-state index is 12.5. The van der Waals surface area contributed by atoms with E-state index < -0.39 is 5.41 Å². The quantitative estimate of drug-likeness (QED) is 0.780. The van der Waals surface area contributed by atoms with E-state index in [4.69, 9.17) is 18.0 Å². The average Bonchev–Trinajstić information content (AvgIpc) is 2.86. The van der Waals surface area contributed by atoms with Gasteiger partial charge in [-0.3, -0.25) is 4.79 Å². The van der Waals surface area contributed by atoms with Crippen LogP contribution in [-0.4, -0.2) is 17.4 Å². The topological polar surface area (TPSA) is 55.1 Å². The predicted molar refractivity (Wildman–Crippen MR) is 81.8 cm³/mol. The molecule has 0 spiro atoms. The fraction of sp³-hybridized carbons (Fsp3) is 0.867. The lowest BCUT2D eigenvalue weighted by Gasteiger charge is -2.30. The molecule has 0 aromatic rings. The van der Waals surface area contributed by atoms with Crippen LogP contribution in [0.25, 0.3) is 0 Å². The minimum atomic E-state index is -0.546. The highest BCUT2D eigenvalue weighted by atomic mass is 32.1. The first-order chi connectivity index (χ1) is 9.04. The summed E-state index contributed by atoms with van der Waals surface area (Å²) in [5.74, 6) is 1.51. The Hall–Kier alpha value is -0.640. The highest BCUT2D eigenvalue weighted by Gasteiger charge is 2.43. The summed E-state index contributed by atoms with van der Waals surface area (Å²) >= 11 is 5.15. The summed E-state index contributed by atoms with van der Waals surface area (Å²) in [5.41, 5.74) is 5.29. The number of nitrogens with one attached hydrogen (secondary N) is 1. The van der Waals surface area contributed by atoms with E-state index in [2.05, 4.69) is 12.2 Å². The summed E-state index contributed by atoms with van der Waals surface area (Å²) in [5, 5.41) is 3.13. The van der Waals surface area contributed by atoms with Crippen LogP contribution in [0.1, 0.15) is 58.3 Å². The maximum atomic E-state index is 12.5. The molecule has 2 unspecified atom stereocenters. The third-order valence-electron chi connectivity index (χ3n) is 4.96. The fourth-order valence-corrected chi connectivity index (χ4v) is 4.01. The van der Waals surface area contributed by atoms with Crippen molar-refractivity contribution in [3.05, 3.63) is 0 Å². The summed E-state index contributed by atoms with van der Waals surface area (Å²) in [6.45, 7) is 3.11. The Morgan fingerprint density at radius 2 is 2.00 bits per heavy atom. The van der Waals surface area contributed by atoms with Crippen LogP contribution in [0.2, 0.25) is 0 Å². The first-order valence-corrected chi connectivity index (χ1v) is 8.03. The van der Waals surface area contributed by atoms with Crippen molar-refractivity contribution >= 4 is 23.1 Å². The lowest BCUT2D eigenvalue weighted by Crippen LogP contribution is -2.48. The largest absolute Gasteiger partial charge is 0.392 e. The van der Waals surface area contributed by atoms with Gasteiger partial charge in [0.2, 0.25) is 5.91 Å². The first-order valence-electron chi connectivity index (χ1n) is 7.63. The summed E-state index contributed by atoms with van der Waals surface area (Å²) in [7, 11) is 0. The number of carbonyl (C=O) groups excluding carboxylic acids is 1. The van der Waals surface area contributed by atoms with E-state index >= 15 is 0 Å². The van der Waals surface area contributed by atoms with Gasteiger partial charge in [-0.1, -0.05) is 44.8 Å². The molecular weight excluding hydrogens is 256 g/mol. The molecule has 4 heteroatoms. The monoisotopic (exact) mass is 282 g/mol. The van der Waals surface area contributed by atoms with Gasteiger partial charge in [0.05, 0.1) is 10.4 Å². The van der Waals surface area contributed by atoms with Crippen LogP contribution in [0.3, 0.4) is 0 Å². The van der Waals surface area contributed by atoms with E-state index in [1.54, 1.807) is 0 Å². The lowest BCUT2D eigenvalue weighted by molar-refractivity contribution is -0.127. The summed E-state index contributed by atoms with van der Waals surface area (Å²) < 4.78 is 0. The molecule has 2 rings (SSSR count). The number of rotatable bonds is 4. The predicted octanol–water partition coefficient (Wildman–Crippen LogP) is 2.78. The number of carbonyl (C=O) groups is 1. The van der Waals surface area contributed by atoms with Crippen LogP contribution >= 0.6 is 12.2 Å². The molecule has 0 aromatic carbocycles. The third-order valence-corrected chi connectivity index (χ3v) is 5.35. The molecule has 3 N–H and O–H groups in total. The molecule has 0 heterocycles. The molecule has 2 aliphatic carbocycles.